The van der Waals surface area contributed by atoms with Gasteiger partial charge in [-0.3, -0.25) is 5.41 Å². The summed E-state index contributed by atoms with van der Waals surface area (Å²) in [6.45, 7) is 6.82. The molecule has 0 radical (unpaired) electrons. The highest BCUT2D eigenvalue weighted by atomic mass is 35.5. The Hall–Kier alpha value is -0.590. The molecule has 1 aromatic heterocycles. The van der Waals surface area contributed by atoms with Crippen LogP contribution < -0.4 is 5.32 Å². The Morgan fingerprint density at radius 3 is 2.42 bits per heavy atom. The Bertz CT molecular complexity index is 649. The molecule has 0 unspecified atom stereocenters. The number of aryl methyl sites for hydroxylation is 1. The van der Waals surface area contributed by atoms with E-state index in [0.717, 1.165) is 9.75 Å². The Kier molecular flexibility index (Phi) is 3.27. The van der Waals surface area contributed by atoms with Crippen LogP contribution in [0.4, 0.5) is 0 Å². The molecule has 0 spiro atoms. The van der Waals surface area contributed by atoms with Gasteiger partial charge in [-0.1, -0.05) is 11.6 Å². The van der Waals surface area contributed by atoms with Crippen molar-refractivity contribution in [1.29, 1.82) is 5.41 Å². The van der Waals surface area contributed by atoms with Gasteiger partial charge in [0.05, 0.1) is 16.3 Å². The highest BCUT2D eigenvalue weighted by Crippen LogP contribution is 2.40. The summed E-state index contributed by atoms with van der Waals surface area (Å²) < 4.78 is 23.6. The molecule has 19 heavy (non-hydrogen) atoms. The van der Waals surface area contributed by atoms with Gasteiger partial charge >= 0.3 is 0 Å². The van der Waals surface area contributed by atoms with E-state index in [1.807, 2.05) is 13.0 Å². The largest absolute Gasteiger partial charge is 0.362 e. The molecule has 1 atom stereocenters. The maximum Gasteiger partial charge on any atom is 0.165 e. The minimum Gasteiger partial charge on any atom is -0.362 e. The third-order valence-corrected chi connectivity index (χ3v) is 8.01. The fourth-order valence-corrected chi connectivity index (χ4v) is 5.51. The predicted octanol–water partition coefficient (Wildman–Crippen LogP) is 2.70. The topological polar surface area (TPSA) is 70.0 Å². The molecule has 2 N–H and O–H groups in total. The number of thiophene rings is 1. The van der Waals surface area contributed by atoms with Crippen molar-refractivity contribution >= 4 is 38.6 Å². The van der Waals surface area contributed by atoms with Gasteiger partial charge in [0.2, 0.25) is 0 Å². The number of amidine groups is 1. The standard InChI is InChI=1S/C12H17ClN2O2S2/c1-7-5-8(13)9(18-7)12(4)6-19(16,17)11(2,3)10(14)15-12/h5H,6H2,1-4H3,(H2,14,15)/t12-/m0/s1. The van der Waals surface area contributed by atoms with Crippen LogP contribution in [0.25, 0.3) is 0 Å². The summed E-state index contributed by atoms with van der Waals surface area (Å²) in [6, 6.07) is 1.82. The molecule has 0 amide bonds. The van der Waals surface area contributed by atoms with Crippen LogP contribution in [0.5, 0.6) is 0 Å². The van der Waals surface area contributed by atoms with Gasteiger partial charge in [-0.2, -0.15) is 0 Å². The summed E-state index contributed by atoms with van der Waals surface area (Å²) in [6.07, 6.45) is 0. The van der Waals surface area contributed by atoms with Crippen molar-refractivity contribution in [3.63, 3.8) is 0 Å². The number of halogens is 1. The molecule has 1 aliphatic rings. The molecule has 0 saturated carbocycles. The van der Waals surface area contributed by atoms with E-state index in [4.69, 9.17) is 17.0 Å². The molecule has 7 heteroatoms. The van der Waals surface area contributed by atoms with Crippen molar-refractivity contribution in [2.45, 2.75) is 38.0 Å². The number of hydrogen-bond donors (Lipinski definition) is 2. The lowest BCUT2D eigenvalue weighted by Gasteiger charge is -2.42. The summed E-state index contributed by atoms with van der Waals surface area (Å²) in [7, 11) is -3.41. The highest BCUT2D eigenvalue weighted by Gasteiger charge is 2.51. The van der Waals surface area contributed by atoms with Crippen LogP contribution in [0.3, 0.4) is 0 Å². The molecule has 0 aromatic carbocycles. The second kappa shape index (κ2) is 4.20. The molecule has 1 fully saturated rings. The van der Waals surface area contributed by atoms with E-state index >= 15 is 0 Å². The van der Waals surface area contributed by atoms with Gasteiger partial charge in [-0.05, 0) is 33.8 Å². The first-order valence-electron chi connectivity index (χ1n) is 5.85. The zero-order valence-corrected chi connectivity index (χ0v) is 13.7. The van der Waals surface area contributed by atoms with Crippen LogP contribution >= 0.6 is 22.9 Å². The quantitative estimate of drug-likeness (QED) is 0.835. The van der Waals surface area contributed by atoms with Crippen LogP contribution in [-0.2, 0) is 15.4 Å². The third kappa shape index (κ3) is 2.19. The monoisotopic (exact) mass is 320 g/mol. The summed E-state index contributed by atoms with van der Waals surface area (Å²) in [4.78, 5) is 1.80. The van der Waals surface area contributed by atoms with Crippen LogP contribution in [0.1, 0.15) is 30.5 Å². The van der Waals surface area contributed by atoms with E-state index in [1.54, 1.807) is 20.8 Å². The number of hydrogen-bond acceptors (Lipinski definition) is 4. The van der Waals surface area contributed by atoms with E-state index < -0.39 is 20.1 Å². The van der Waals surface area contributed by atoms with E-state index in [1.165, 1.54) is 11.3 Å². The molecule has 4 nitrogen and oxygen atoms in total. The average Bonchev–Trinajstić information content (AvgIpc) is 2.55. The minimum absolute atomic E-state index is 0.0170. The van der Waals surface area contributed by atoms with Gasteiger partial charge in [0.1, 0.15) is 10.6 Å². The van der Waals surface area contributed by atoms with Gasteiger partial charge in [0.15, 0.2) is 9.84 Å². The smallest absolute Gasteiger partial charge is 0.165 e. The van der Waals surface area contributed by atoms with E-state index in [9.17, 15) is 8.42 Å². The molecule has 1 saturated heterocycles. The van der Waals surface area contributed by atoms with Gasteiger partial charge in [0, 0.05) is 9.75 Å². The summed E-state index contributed by atoms with van der Waals surface area (Å²) in [5.74, 6) is -0.0435. The lowest BCUT2D eigenvalue weighted by molar-refractivity contribution is 0.450. The van der Waals surface area contributed by atoms with Gasteiger partial charge in [-0.15, -0.1) is 11.3 Å². The van der Waals surface area contributed by atoms with Crippen molar-refractivity contribution in [2.75, 3.05) is 5.75 Å². The molecular formula is C12H17ClN2O2S2. The first-order valence-corrected chi connectivity index (χ1v) is 8.70. The van der Waals surface area contributed by atoms with E-state index in [-0.39, 0.29) is 11.6 Å². The molecule has 0 bridgehead atoms. The Balaban J connectivity index is 2.54. The Morgan fingerprint density at radius 1 is 1.42 bits per heavy atom. The molecule has 1 aromatic rings. The molecule has 2 heterocycles. The van der Waals surface area contributed by atoms with Gasteiger partial charge in [0.25, 0.3) is 0 Å². The van der Waals surface area contributed by atoms with Crippen LogP contribution in [-0.4, -0.2) is 24.8 Å². The molecule has 1 aliphatic heterocycles. The Morgan fingerprint density at radius 2 is 2.00 bits per heavy atom. The molecule has 2 rings (SSSR count). The minimum atomic E-state index is -3.41. The van der Waals surface area contributed by atoms with Crippen molar-refractivity contribution in [2.24, 2.45) is 0 Å². The summed E-state index contributed by atoms with van der Waals surface area (Å²) in [5, 5.41) is 11.6. The Labute approximate surface area is 122 Å². The highest BCUT2D eigenvalue weighted by molar-refractivity contribution is 7.93. The van der Waals surface area contributed by atoms with Crippen molar-refractivity contribution < 1.29 is 8.42 Å². The number of rotatable bonds is 1. The van der Waals surface area contributed by atoms with Crippen molar-refractivity contribution in [3.05, 3.63) is 20.8 Å². The van der Waals surface area contributed by atoms with E-state index in [2.05, 4.69) is 5.32 Å². The second-order valence-corrected chi connectivity index (χ2v) is 9.84. The summed E-state index contributed by atoms with van der Waals surface area (Å²) in [5.41, 5.74) is -0.832. The molecule has 106 valence electrons. The fourth-order valence-electron chi connectivity index (χ4n) is 2.16. The lowest BCUT2D eigenvalue weighted by atomic mass is 10.00. The van der Waals surface area contributed by atoms with Crippen LogP contribution in [0.2, 0.25) is 5.02 Å². The van der Waals surface area contributed by atoms with Gasteiger partial charge in [-0.25, -0.2) is 8.42 Å². The van der Waals surface area contributed by atoms with Crippen LogP contribution in [0, 0.1) is 12.3 Å². The first-order chi connectivity index (χ1) is 8.49. The second-order valence-electron chi connectivity index (χ2n) is 5.64. The summed E-state index contributed by atoms with van der Waals surface area (Å²) >= 11 is 7.65. The zero-order chi connectivity index (χ0) is 14.6. The van der Waals surface area contributed by atoms with Crippen LogP contribution in [0.15, 0.2) is 6.07 Å². The SMILES string of the molecule is Cc1cc(Cl)c([C@]2(C)CS(=O)(=O)C(C)(C)C(=N)N2)s1. The molecular weight excluding hydrogens is 304 g/mol. The lowest BCUT2D eigenvalue weighted by Crippen LogP contribution is -2.63. The van der Waals surface area contributed by atoms with Crippen molar-refractivity contribution in [1.82, 2.24) is 5.32 Å². The van der Waals surface area contributed by atoms with E-state index in [0.29, 0.717) is 5.02 Å². The third-order valence-electron chi connectivity index (χ3n) is 3.57. The number of nitrogens with one attached hydrogen (secondary N) is 2. The van der Waals surface area contributed by atoms with Crippen molar-refractivity contribution in [3.8, 4) is 0 Å². The molecule has 0 aliphatic carbocycles. The zero-order valence-electron chi connectivity index (χ0n) is 11.3. The number of sulfone groups is 1. The van der Waals surface area contributed by atoms with Gasteiger partial charge < -0.3 is 5.32 Å². The first kappa shape index (κ1) is 14.8. The maximum absolute atomic E-state index is 12.4. The normalized spacial score (nSPS) is 29.0. The fraction of sp³-hybridized carbons (Fsp3) is 0.583. The average molecular weight is 321 g/mol. The predicted molar refractivity (Wildman–Crippen MR) is 80.1 cm³/mol. The maximum atomic E-state index is 12.4.